The SMILES string of the molecule is [N-]=[N+]=NS(=O)(=O)c1ccc(Cl)c(Cl)c1. The van der Waals surface area contributed by atoms with Gasteiger partial charge < -0.3 is 0 Å². The normalized spacial score (nSPS) is 10.7. The highest BCUT2D eigenvalue weighted by Crippen LogP contribution is 2.25. The molecular weight excluding hydrogens is 249 g/mol. The zero-order valence-corrected chi connectivity index (χ0v) is 8.88. The summed E-state index contributed by atoms with van der Waals surface area (Å²) in [5.41, 5.74) is 8.01. The maximum Gasteiger partial charge on any atom is 0.264 e. The van der Waals surface area contributed by atoms with E-state index in [4.69, 9.17) is 28.7 Å². The van der Waals surface area contributed by atoms with Gasteiger partial charge in [-0.1, -0.05) is 23.2 Å². The van der Waals surface area contributed by atoms with E-state index < -0.39 is 10.0 Å². The number of halogens is 2. The van der Waals surface area contributed by atoms with E-state index in [1.54, 1.807) is 0 Å². The Bertz CT molecular complexity index is 508. The monoisotopic (exact) mass is 251 g/mol. The van der Waals surface area contributed by atoms with Crippen molar-refractivity contribution < 1.29 is 8.42 Å². The minimum atomic E-state index is -3.98. The Morgan fingerprint density at radius 1 is 1.29 bits per heavy atom. The van der Waals surface area contributed by atoms with Crippen LogP contribution in [-0.2, 0) is 10.0 Å². The summed E-state index contributed by atoms with van der Waals surface area (Å²) < 4.78 is 25.0. The van der Waals surface area contributed by atoms with Gasteiger partial charge in [0, 0.05) is 9.43 Å². The van der Waals surface area contributed by atoms with Crippen LogP contribution >= 0.6 is 23.2 Å². The summed E-state index contributed by atoms with van der Waals surface area (Å²) in [6.45, 7) is 0. The smallest absolute Gasteiger partial charge is 0.216 e. The van der Waals surface area contributed by atoms with E-state index in [-0.39, 0.29) is 14.9 Å². The Morgan fingerprint density at radius 3 is 2.43 bits per heavy atom. The summed E-state index contributed by atoms with van der Waals surface area (Å²) in [5, 5.41) is 0.312. The van der Waals surface area contributed by atoms with Crippen LogP contribution in [0.1, 0.15) is 0 Å². The predicted octanol–water partition coefficient (Wildman–Crippen LogP) is 2.99. The van der Waals surface area contributed by atoms with Crippen molar-refractivity contribution >= 4 is 33.2 Å². The van der Waals surface area contributed by atoms with Crippen LogP contribution in [0.25, 0.3) is 10.4 Å². The van der Waals surface area contributed by atoms with Gasteiger partial charge in [-0.3, -0.25) is 0 Å². The van der Waals surface area contributed by atoms with Crippen molar-refractivity contribution in [3.8, 4) is 0 Å². The number of rotatable bonds is 2. The average molecular weight is 252 g/mol. The molecule has 74 valence electrons. The van der Waals surface area contributed by atoms with E-state index in [1.807, 2.05) is 0 Å². The number of hydrogen-bond acceptors (Lipinski definition) is 2. The maximum absolute atomic E-state index is 11.2. The molecule has 0 saturated heterocycles. The highest BCUT2D eigenvalue weighted by Gasteiger charge is 2.13. The summed E-state index contributed by atoms with van der Waals surface area (Å²) in [6.07, 6.45) is 0. The summed E-state index contributed by atoms with van der Waals surface area (Å²) in [4.78, 5) is 2.01. The molecule has 0 fully saturated rings. The van der Waals surface area contributed by atoms with Gasteiger partial charge in [0.2, 0.25) is 0 Å². The van der Waals surface area contributed by atoms with Gasteiger partial charge in [-0.2, -0.15) is 0 Å². The molecule has 0 aliphatic carbocycles. The first-order chi connectivity index (χ1) is 6.47. The van der Waals surface area contributed by atoms with Gasteiger partial charge in [-0.15, -0.1) is 0 Å². The lowest BCUT2D eigenvalue weighted by Gasteiger charge is -1.99. The Kier molecular flexibility index (Phi) is 3.23. The van der Waals surface area contributed by atoms with Gasteiger partial charge in [0.1, 0.15) is 0 Å². The van der Waals surface area contributed by atoms with Crippen molar-refractivity contribution in [2.45, 2.75) is 4.90 Å². The molecule has 8 heteroatoms. The van der Waals surface area contributed by atoms with Gasteiger partial charge >= 0.3 is 0 Å². The number of benzene rings is 1. The zero-order valence-electron chi connectivity index (χ0n) is 6.55. The van der Waals surface area contributed by atoms with Crippen molar-refractivity contribution in [3.63, 3.8) is 0 Å². The number of hydrogen-bond donors (Lipinski definition) is 0. The molecule has 5 nitrogen and oxygen atoms in total. The van der Waals surface area contributed by atoms with Crippen molar-refractivity contribution in [3.05, 3.63) is 38.7 Å². The van der Waals surface area contributed by atoms with Gasteiger partial charge in [0.15, 0.2) is 0 Å². The van der Waals surface area contributed by atoms with Crippen LogP contribution in [0.15, 0.2) is 27.6 Å². The molecule has 1 aromatic carbocycles. The largest absolute Gasteiger partial charge is 0.264 e. The lowest BCUT2D eigenvalue weighted by molar-refractivity contribution is 0.597. The molecule has 0 amide bonds. The zero-order chi connectivity index (χ0) is 10.8. The molecule has 0 N–H and O–H groups in total. The molecule has 0 heterocycles. The number of azide groups is 1. The Labute approximate surface area is 89.9 Å². The molecule has 0 aliphatic rings. The molecule has 0 radical (unpaired) electrons. The van der Waals surface area contributed by atoms with E-state index in [0.29, 0.717) is 0 Å². The summed E-state index contributed by atoms with van der Waals surface area (Å²) in [5.74, 6) is 0. The molecule has 0 aliphatic heterocycles. The molecular formula is C6H3Cl2N3O2S. The third-order valence-corrected chi connectivity index (χ3v) is 3.21. The topological polar surface area (TPSA) is 82.9 Å². The predicted molar refractivity (Wildman–Crippen MR) is 52.8 cm³/mol. The molecule has 1 rings (SSSR count). The number of sulfonamides is 1. The van der Waals surface area contributed by atoms with Crippen molar-refractivity contribution in [1.29, 1.82) is 0 Å². The van der Waals surface area contributed by atoms with Crippen LogP contribution in [0.4, 0.5) is 0 Å². The van der Waals surface area contributed by atoms with Crippen LogP contribution < -0.4 is 0 Å². The fraction of sp³-hybridized carbons (Fsp3) is 0. The molecule has 0 aromatic heterocycles. The summed E-state index contributed by atoms with van der Waals surface area (Å²) >= 11 is 11.2. The third-order valence-electron chi connectivity index (χ3n) is 1.33. The Hall–Kier alpha value is -0.940. The van der Waals surface area contributed by atoms with Crippen LogP contribution in [0.5, 0.6) is 0 Å². The van der Waals surface area contributed by atoms with E-state index in [2.05, 4.69) is 9.43 Å². The maximum atomic E-state index is 11.2. The number of nitrogens with zero attached hydrogens (tertiary/aromatic N) is 3. The van der Waals surface area contributed by atoms with Gasteiger partial charge in [0.25, 0.3) is 10.0 Å². The molecule has 14 heavy (non-hydrogen) atoms. The molecule has 0 bridgehead atoms. The lowest BCUT2D eigenvalue weighted by Crippen LogP contribution is -1.94. The average Bonchev–Trinajstić information content (AvgIpc) is 2.09. The van der Waals surface area contributed by atoms with Crippen LogP contribution in [0, 0.1) is 0 Å². The van der Waals surface area contributed by atoms with Crippen molar-refractivity contribution in [1.82, 2.24) is 0 Å². The molecule has 1 aromatic rings. The van der Waals surface area contributed by atoms with Gasteiger partial charge in [0.05, 0.1) is 14.9 Å². The first kappa shape index (κ1) is 11.1. The minimum Gasteiger partial charge on any atom is -0.216 e. The summed E-state index contributed by atoms with van der Waals surface area (Å²) in [7, 11) is -3.98. The first-order valence-electron chi connectivity index (χ1n) is 3.24. The molecule has 0 saturated carbocycles. The van der Waals surface area contributed by atoms with Crippen LogP contribution in [-0.4, -0.2) is 8.42 Å². The Balaban J connectivity index is 3.35. The first-order valence-corrected chi connectivity index (χ1v) is 5.43. The highest BCUT2D eigenvalue weighted by atomic mass is 35.5. The highest BCUT2D eigenvalue weighted by molar-refractivity contribution is 7.90. The molecule has 0 atom stereocenters. The third kappa shape index (κ3) is 2.30. The fourth-order valence-corrected chi connectivity index (χ4v) is 1.79. The lowest BCUT2D eigenvalue weighted by atomic mass is 10.4. The van der Waals surface area contributed by atoms with Crippen molar-refractivity contribution in [2.75, 3.05) is 0 Å². The van der Waals surface area contributed by atoms with Gasteiger partial charge in [-0.05, 0) is 23.7 Å². The quantitative estimate of drug-likeness (QED) is 0.460. The molecule has 0 spiro atoms. The molecule has 0 unspecified atom stereocenters. The van der Waals surface area contributed by atoms with Crippen molar-refractivity contribution in [2.24, 2.45) is 4.52 Å². The van der Waals surface area contributed by atoms with E-state index in [0.717, 1.165) is 6.07 Å². The van der Waals surface area contributed by atoms with Crippen LogP contribution in [0.2, 0.25) is 10.0 Å². The van der Waals surface area contributed by atoms with E-state index >= 15 is 0 Å². The minimum absolute atomic E-state index is 0.0841. The second kappa shape index (κ2) is 4.06. The van der Waals surface area contributed by atoms with Gasteiger partial charge in [-0.25, -0.2) is 8.42 Å². The summed E-state index contributed by atoms with van der Waals surface area (Å²) in [6, 6.07) is 3.63. The van der Waals surface area contributed by atoms with E-state index in [1.165, 1.54) is 12.1 Å². The fourth-order valence-electron chi connectivity index (χ4n) is 0.733. The standard InChI is InChI=1S/C6H3Cl2N3O2S/c7-5-2-1-4(3-6(5)8)14(12,13)11-10-9/h1-3H. The Morgan fingerprint density at radius 2 is 1.93 bits per heavy atom. The second-order valence-corrected chi connectivity index (χ2v) is 4.62. The van der Waals surface area contributed by atoms with E-state index in [9.17, 15) is 8.42 Å². The van der Waals surface area contributed by atoms with Crippen LogP contribution in [0.3, 0.4) is 0 Å². The second-order valence-electron chi connectivity index (χ2n) is 2.22.